The molecule has 5 rings (SSSR count). The molecule has 2 bridgehead atoms. The zero-order valence-corrected chi connectivity index (χ0v) is 15.2. The van der Waals surface area contributed by atoms with Gasteiger partial charge in [-0.05, 0) is 66.2 Å². The van der Waals surface area contributed by atoms with Gasteiger partial charge in [0.25, 0.3) is 0 Å². The van der Waals surface area contributed by atoms with Gasteiger partial charge < -0.3 is 11.1 Å². The van der Waals surface area contributed by atoms with E-state index in [0.29, 0.717) is 29.8 Å². The van der Waals surface area contributed by atoms with Crippen LogP contribution in [0, 0.1) is 17.8 Å². The summed E-state index contributed by atoms with van der Waals surface area (Å²) in [4.78, 5) is 13.0. The van der Waals surface area contributed by atoms with Crippen molar-refractivity contribution in [3.8, 4) is 0 Å². The van der Waals surface area contributed by atoms with Gasteiger partial charge in [-0.1, -0.05) is 48.9 Å². The Labute approximate surface area is 155 Å². The summed E-state index contributed by atoms with van der Waals surface area (Å²) in [6, 6.07) is 15.7. The fraction of sp³-hybridized carbons (Fsp3) is 0.522. The number of nitrogens with one attached hydrogen (secondary N) is 1. The first-order valence-corrected chi connectivity index (χ1v) is 10.2. The van der Waals surface area contributed by atoms with Crippen LogP contribution >= 0.6 is 0 Å². The zero-order valence-electron chi connectivity index (χ0n) is 15.2. The fourth-order valence-corrected chi connectivity index (χ4v) is 5.70. The molecule has 0 aromatic heterocycles. The first kappa shape index (κ1) is 16.3. The van der Waals surface area contributed by atoms with Crippen LogP contribution in [0.3, 0.4) is 0 Å². The molecule has 3 nitrogen and oxygen atoms in total. The second-order valence-electron chi connectivity index (χ2n) is 8.73. The van der Waals surface area contributed by atoms with Crippen LogP contribution in [-0.4, -0.2) is 18.0 Å². The molecule has 3 N–H and O–H groups in total. The maximum atomic E-state index is 13.0. The molecule has 2 aromatic carbocycles. The molecule has 3 aliphatic carbocycles. The molecule has 3 fully saturated rings. The Kier molecular flexibility index (Phi) is 4.00. The molecular weight excluding hydrogens is 320 g/mol. The highest BCUT2D eigenvalue weighted by Gasteiger charge is 2.47. The monoisotopic (exact) mass is 348 g/mol. The first-order chi connectivity index (χ1) is 12.7. The molecule has 3 saturated carbocycles. The largest absolute Gasteiger partial charge is 0.353 e. The minimum absolute atomic E-state index is 0.150. The zero-order chi connectivity index (χ0) is 17.7. The van der Waals surface area contributed by atoms with Crippen molar-refractivity contribution < 1.29 is 4.79 Å². The van der Waals surface area contributed by atoms with E-state index in [1.54, 1.807) is 0 Å². The molecule has 0 spiro atoms. The number of hydrogen-bond donors (Lipinski definition) is 2. The molecule has 136 valence electrons. The number of amides is 1. The highest BCUT2D eigenvalue weighted by atomic mass is 16.2. The van der Waals surface area contributed by atoms with E-state index >= 15 is 0 Å². The summed E-state index contributed by atoms with van der Waals surface area (Å²) in [5.74, 6) is 2.00. The van der Waals surface area contributed by atoms with Gasteiger partial charge in [0.15, 0.2) is 0 Å². The number of nitrogens with two attached hydrogens (primary N) is 1. The van der Waals surface area contributed by atoms with Crippen LogP contribution in [0.1, 0.15) is 50.0 Å². The fourth-order valence-electron chi connectivity index (χ4n) is 5.70. The first-order valence-electron chi connectivity index (χ1n) is 10.2. The third-order valence-electron chi connectivity index (χ3n) is 7.04. The van der Waals surface area contributed by atoms with Crippen molar-refractivity contribution >= 4 is 16.7 Å². The Hall–Kier alpha value is -1.87. The molecule has 0 saturated heterocycles. The molecular formula is C23H28N2O. The summed E-state index contributed by atoms with van der Waals surface area (Å²) in [5, 5.41) is 6.03. The number of fused-ring (bicyclic) bond motifs is 3. The number of carbonyl (C=O) groups excluding carboxylic acids is 1. The highest BCUT2D eigenvalue weighted by molar-refractivity contribution is 5.89. The lowest BCUT2D eigenvalue weighted by Crippen LogP contribution is -2.54. The summed E-state index contributed by atoms with van der Waals surface area (Å²) in [7, 11) is 0. The summed E-state index contributed by atoms with van der Waals surface area (Å²) < 4.78 is 0. The summed E-state index contributed by atoms with van der Waals surface area (Å²) >= 11 is 0. The van der Waals surface area contributed by atoms with Crippen LogP contribution in [0.2, 0.25) is 0 Å². The normalized spacial score (nSPS) is 35.9. The van der Waals surface area contributed by atoms with Crippen LogP contribution in [-0.2, 0) is 4.79 Å². The number of benzene rings is 2. The van der Waals surface area contributed by atoms with Gasteiger partial charge in [0.1, 0.15) is 0 Å². The van der Waals surface area contributed by atoms with Crippen LogP contribution in [0.5, 0.6) is 0 Å². The lowest BCUT2D eigenvalue weighted by atomic mass is 9.67. The van der Waals surface area contributed by atoms with Crippen LogP contribution < -0.4 is 11.1 Å². The average molecular weight is 348 g/mol. The Morgan fingerprint density at radius 1 is 0.962 bits per heavy atom. The van der Waals surface area contributed by atoms with Crippen LogP contribution in [0.15, 0.2) is 42.5 Å². The van der Waals surface area contributed by atoms with Crippen molar-refractivity contribution in [2.45, 2.75) is 56.5 Å². The summed E-state index contributed by atoms with van der Waals surface area (Å²) in [6.07, 6.45) is 6.91. The van der Waals surface area contributed by atoms with E-state index in [1.807, 2.05) is 0 Å². The minimum Gasteiger partial charge on any atom is -0.353 e. The van der Waals surface area contributed by atoms with E-state index in [4.69, 9.17) is 5.73 Å². The van der Waals surface area contributed by atoms with Crippen molar-refractivity contribution in [3.05, 3.63) is 48.0 Å². The van der Waals surface area contributed by atoms with Gasteiger partial charge in [-0.25, -0.2) is 0 Å². The van der Waals surface area contributed by atoms with Gasteiger partial charge in [0, 0.05) is 18.0 Å². The van der Waals surface area contributed by atoms with E-state index < -0.39 is 0 Å². The quantitative estimate of drug-likeness (QED) is 0.882. The number of carbonyl (C=O) groups is 1. The third kappa shape index (κ3) is 2.83. The van der Waals surface area contributed by atoms with Gasteiger partial charge >= 0.3 is 0 Å². The molecule has 26 heavy (non-hydrogen) atoms. The second-order valence-corrected chi connectivity index (χ2v) is 8.73. The van der Waals surface area contributed by atoms with E-state index in [1.165, 1.54) is 35.6 Å². The van der Waals surface area contributed by atoms with E-state index in [9.17, 15) is 4.79 Å². The molecule has 2 aromatic rings. The Morgan fingerprint density at radius 2 is 1.69 bits per heavy atom. The van der Waals surface area contributed by atoms with Gasteiger partial charge in [-0.15, -0.1) is 0 Å². The van der Waals surface area contributed by atoms with Crippen LogP contribution in [0.4, 0.5) is 0 Å². The van der Waals surface area contributed by atoms with Gasteiger partial charge in [0.2, 0.25) is 5.91 Å². The molecule has 4 unspecified atom stereocenters. The van der Waals surface area contributed by atoms with Crippen LogP contribution in [0.25, 0.3) is 10.8 Å². The van der Waals surface area contributed by atoms with Crippen molar-refractivity contribution in [2.75, 3.05) is 0 Å². The molecule has 3 aliphatic rings. The smallest absolute Gasteiger partial charge is 0.223 e. The molecule has 3 heteroatoms. The molecule has 4 atom stereocenters. The average Bonchev–Trinajstić information content (AvgIpc) is 3.43. The molecule has 1 amide bonds. The topological polar surface area (TPSA) is 55.1 Å². The summed E-state index contributed by atoms with van der Waals surface area (Å²) in [5.41, 5.74) is 7.57. The Balaban J connectivity index is 1.31. The number of hydrogen-bond acceptors (Lipinski definition) is 2. The molecule has 0 aliphatic heterocycles. The second kappa shape index (κ2) is 6.38. The molecule has 0 heterocycles. The standard InChI is InChI=1S/C23H28N2O/c24-17-11-15-7-3-8-16(12-17)22(15)25-23(26)21-13-20(21)19-10-4-6-14-5-1-2-9-18(14)19/h1-2,4-6,9-10,15-17,20-22H,3,7-8,11-13,24H2,(H,25,26). The number of rotatable bonds is 3. The Morgan fingerprint density at radius 3 is 2.50 bits per heavy atom. The molecule has 0 radical (unpaired) electrons. The van der Waals surface area contributed by atoms with Crippen molar-refractivity contribution in [1.82, 2.24) is 5.32 Å². The van der Waals surface area contributed by atoms with E-state index in [-0.39, 0.29) is 11.8 Å². The highest BCUT2D eigenvalue weighted by Crippen LogP contribution is 2.50. The third-order valence-corrected chi connectivity index (χ3v) is 7.04. The SMILES string of the molecule is NC1CC2CCCC(C1)C2NC(=O)C1CC1c1cccc2ccccc12. The van der Waals surface area contributed by atoms with E-state index in [0.717, 1.165) is 19.3 Å². The van der Waals surface area contributed by atoms with E-state index in [2.05, 4.69) is 47.8 Å². The minimum atomic E-state index is 0.150. The maximum Gasteiger partial charge on any atom is 0.223 e. The maximum absolute atomic E-state index is 13.0. The lowest BCUT2D eigenvalue weighted by Gasteiger charge is -2.45. The van der Waals surface area contributed by atoms with Crippen molar-refractivity contribution in [1.29, 1.82) is 0 Å². The van der Waals surface area contributed by atoms with Crippen molar-refractivity contribution in [3.63, 3.8) is 0 Å². The lowest BCUT2D eigenvalue weighted by molar-refractivity contribution is -0.124. The Bertz CT molecular complexity index is 813. The predicted octanol–water partition coefficient (Wildman–Crippen LogP) is 3.97. The van der Waals surface area contributed by atoms with Gasteiger partial charge in [-0.2, -0.15) is 0 Å². The summed E-state index contributed by atoms with van der Waals surface area (Å²) in [6.45, 7) is 0. The van der Waals surface area contributed by atoms with Crippen molar-refractivity contribution in [2.24, 2.45) is 23.5 Å². The predicted molar refractivity (Wildman–Crippen MR) is 105 cm³/mol. The van der Waals surface area contributed by atoms with Gasteiger partial charge in [0.05, 0.1) is 0 Å². The van der Waals surface area contributed by atoms with Gasteiger partial charge in [-0.3, -0.25) is 4.79 Å².